The number of anilines is 4. The third-order valence-corrected chi connectivity index (χ3v) is 5.61. The lowest BCUT2D eigenvalue weighted by Crippen LogP contribution is -2.12. The third-order valence-electron chi connectivity index (χ3n) is 5.61. The van der Waals surface area contributed by atoms with Crippen LogP contribution < -0.4 is 10.6 Å². The second kappa shape index (κ2) is 8.83. The fraction of sp³-hybridized carbons (Fsp3) is 0. The van der Waals surface area contributed by atoms with Crippen molar-refractivity contribution in [2.75, 3.05) is 10.6 Å². The first-order valence-corrected chi connectivity index (χ1v) is 10.8. The molecule has 0 bridgehead atoms. The first-order chi connectivity index (χ1) is 15.8. The van der Waals surface area contributed by atoms with Crippen LogP contribution in [-0.2, 0) is 0 Å². The topological polar surface area (TPSA) is 29.3 Å². The van der Waals surface area contributed by atoms with Crippen LogP contribution >= 0.6 is 0 Å². The van der Waals surface area contributed by atoms with Crippen molar-refractivity contribution < 1.29 is 0 Å². The van der Waals surface area contributed by atoms with E-state index in [9.17, 15) is 0 Å². The van der Waals surface area contributed by atoms with E-state index >= 15 is 0 Å². The first-order valence-electron chi connectivity index (χ1n) is 10.8. The number of hydrogen-bond acceptors (Lipinski definition) is 2. The first kappa shape index (κ1) is 19.7. The summed E-state index contributed by atoms with van der Waals surface area (Å²) in [4.78, 5) is 2.30. The summed E-state index contributed by atoms with van der Waals surface area (Å²) in [5.74, 6) is 0. The van der Waals surface area contributed by atoms with Crippen molar-refractivity contribution in [1.82, 2.24) is 0 Å². The number of para-hydroxylation sites is 2. The fourth-order valence-electron chi connectivity index (χ4n) is 4.19. The Morgan fingerprint density at radius 1 is 0.406 bits per heavy atom. The van der Waals surface area contributed by atoms with Crippen molar-refractivity contribution in [2.24, 2.45) is 0 Å². The van der Waals surface area contributed by atoms with E-state index in [4.69, 9.17) is 5.73 Å². The molecule has 2 N–H and O–H groups in total. The molecule has 32 heavy (non-hydrogen) atoms. The maximum Gasteiger partial charge on any atom is 0.0547 e. The highest BCUT2D eigenvalue weighted by atomic mass is 15.1. The third kappa shape index (κ3) is 3.75. The van der Waals surface area contributed by atoms with E-state index in [1.165, 1.54) is 0 Å². The van der Waals surface area contributed by atoms with Crippen LogP contribution in [0.15, 0.2) is 133 Å². The molecule has 0 aliphatic carbocycles. The van der Waals surface area contributed by atoms with Gasteiger partial charge in [0.1, 0.15) is 0 Å². The fourth-order valence-corrected chi connectivity index (χ4v) is 4.19. The molecule has 0 saturated heterocycles. The van der Waals surface area contributed by atoms with E-state index in [1.54, 1.807) is 0 Å². The Morgan fingerprint density at radius 2 is 0.812 bits per heavy atom. The molecule has 154 valence electrons. The van der Waals surface area contributed by atoms with E-state index < -0.39 is 0 Å². The quantitative estimate of drug-likeness (QED) is 0.296. The molecule has 2 heteroatoms. The Morgan fingerprint density at radius 3 is 1.28 bits per heavy atom. The largest absolute Gasteiger partial charge is 0.398 e. The SMILES string of the molecule is Nc1ccc(N(c2ccccc2)c2ccccc2)c(-c2ccccc2)c1-c1ccccc1. The smallest absolute Gasteiger partial charge is 0.0547 e. The van der Waals surface area contributed by atoms with Crippen molar-refractivity contribution in [3.05, 3.63) is 133 Å². The molecule has 2 nitrogen and oxygen atoms in total. The molecule has 0 atom stereocenters. The maximum atomic E-state index is 6.62. The van der Waals surface area contributed by atoms with Gasteiger partial charge >= 0.3 is 0 Å². The lowest BCUT2D eigenvalue weighted by Gasteiger charge is -2.29. The molecule has 0 aromatic heterocycles. The summed E-state index contributed by atoms with van der Waals surface area (Å²) in [6.45, 7) is 0. The van der Waals surface area contributed by atoms with Crippen molar-refractivity contribution in [1.29, 1.82) is 0 Å². The second-order valence-corrected chi connectivity index (χ2v) is 7.66. The van der Waals surface area contributed by atoms with Crippen LogP contribution in [0.5, 0.6) is 0 Å². The summed E-state index contributed by atoms with van der Waals surface area (Å²) in [7, 11) is 0. The van der Waals surface area contributed by atoms with E-state index in [0.29, 0.717) is 0 Å². The summed E-state index contributed by atoms with van der Waals surface area (Å²) in [5.41, 5.74) is 15.1. The monoisotopic (exact) mass is 412 g/mol. The van der Waals surface area contributed by atoms with Crippen molar-refractivity contribution in [2.45, 2.75) is 0 Å². The Labute approximate surface area is 189 Å². The highest BCUT2D eigenvalue weighted by Gasteiger charge is 2.21. The molecule has 0 saturated carbocycles. The van der Waals surface area contributed by atoms with Crippen LogP contribution in [0.4, 0.5) is 22.7 Å². The molecular formula is C30H24N2. The minimum atomic E-state index is 0.764. The summed E-state index contributed by atoms with van der Waals surface area (Å²) < 4.78 is 0. The normalized spacial score (nSPS) is 10.6. The minimum Gasteiger partial charge on any atom is -0.398 e. The standard InChI is InChI=1S/C30H24N2/c31-27-21-22-28(32(25-17-9-3-10-18-25)26-19-11-4-12-20-26)30(24-15-7-2-8-16-24)29(27)23-13-5-1-6-14-23/h1-22H,31H2. The van der Waals surface area contributed by atoms with Gasteiger partial charge < -0.3 is 10.6 Å². The zero-order valence-electron chi connectivity index (χ0n) is 17.7. The van der Waals surface area contributed by atoms with Gasteiger partial charge in [0.15, 0.2) is 0 Å². The Balaban J connectivity index is 1.85. The van der Waals surface area contributed by atoms with E-state index in [0.717, 1.165) is 45.0 Å². The van der Waals surface area contributed by atoms with Crippen LogP contribution in [0, 0.1) is 0 Å². The molecule has 0 unspecified atom stereocenters. The van der Waals surface area contributed by atoms with Crippen LogP contribution in [0.2, 0.25) is 0 Å². The molecule has 0 aliphatic heterocycles. The van der Waals surface area contributed by atoms with Crippen molar-refractivity contribution in [3.8, 4) is 22.3 Å². The highest BCUT2D eigenvalue weighted by molar-refractivity contribution is 6.01. The average molecular weight is 413 g/mol. The van der Waals surface area contributed by atoms with E-state index in [1.807, 2.05) is 30.3 Å². The highest BCUT2D eigenvalue weighted by Crippen LogP contribution is 2.47. The summed E-state index contributed by atoms with van der Waals surface area (Å²) in [5, 5.41) is 0. The van der Waals surface area contributed by atoms with Crippen LogP contribution in [0.1, 0.15) is 0 Å². The lowest BCUT2D eigenvalue weighted by atomic mass is 9.90. The summed E-state index contributed by atoms with van der Waals surface area (Å²) in [6.07, 6.45) is 0. The van der Waals surface area contributed by atoms with E-state index in [2.05, 4.69) is 108 Å². The molecule has 0 spiro atoms. The van der Waals surface area contributed by atoms with Gasteiger partial charge in [0.25, 0.3) is 0 Å². The Kier molecular flexibility index (Phi) is 5.42. The van der Waals surface area contributed by atoms with Gasteiger partial charge in [-0.05, 0) is 47.5 Å². The van der Waals surface area contributed by atoms with Gasteiger partial charge in [-0.3, -0.25) is 0 Å². The number of benzene rings is 5. The van der Waals surface area contributed by atoms with Crippen molar-refractivity contribution in [3.63, 3.8) is 0 Å². The lowest BCUT2D eigenvalue weighted by molar-refractivity contribution is 1.28. The number of nitrogen functional groups attached to an aromatic ring is 1. The van der Waals surface area contributed by atoms with E-state index in [-0.39, 0.29) is 0 Å². The Bertz CT molecular complexity index is 1260. The van der Waals surface area contributed by atoms with Gasteiger partial charge in [0, 0.05) is 28.2 Å². The zero-order chi connectivity index (χ0) is 21.8. The minimum absolute atomic E-state index is 0.764. The van der Waals surface area contributed by atoms with Crippen LogP contribution in [0.3, 0.4) is 0 Å². The number of nitrogens with zero attached hydrogens (tertiary/aromatic N) is 1. The second-order valence-electron chi connectivity index (χ2n) is 7.66. The molecule has 0 fully saturated rings. The molecule has 5 rings (SSSR count). The molecule has 0 radical (unpaired) electrons. The summed E-state index contributed by atoms with van der Waals surface area (Å²) >= 11 is 0. The zero-order valence-corrected chi connectivity index (χ0v) is 17.7. The average Bonchev–Trinajstić information content (AvgIpc) is 2.87. The summed E-state index contributed by atoms with van der Waals surface area (Å²) in [6, 6.07) is 46.0. The molecule has 0 amide bonds. The van der Waals surface area contributed by atoms with Crippen LogP contribution in [-0.4, -0.2) is 0 Å². The maximum absolute atomic E-state index is 6.62. The van der Waals surface area contributed by atoms with Gasteiger partial charge in [-0.25, -0.2) is 0 Å². The molecule has 5 aromatic carbocycles. The molecular weight excluding hydrogens is 388 g/mol. The molecule has 0 aliphatic rings. The predicted molar refractivity (Wildman–Crippen MR) is 136 cm³/mol. The van der Waals surface area contributed by atoms with Crippen molar-refractivity contribution >= 4 is 22.7 Å². The Hall–Kier alpha value is -4.30. The molecule has 5 aromatic rings. The van der Waals surface area contributed by atoms with Gasteiger partial charge in [0.2, 0.25) is 0 Å². The predicted octanol–water partition coefficient (Wildman–Crippen LogP) is 8.07. The van der Waals surface area contributed by atoms with Gasteiger partial charge in [-0.15, -0.1) is 0 Å². The van der Waals surface area contributed by atoms with Crippen LogP contribution in [0.25, 0.3) is 22.3 Å². The van der Waals surface area contributed by atoms with Gasteiger partial charge in [-0.2, -0.15) is 0 Å². The number of nitrogens with two attached hydrogens (primary N) is 1. The number of hydrogen-bond donors (Lipinski definition) is 1. The van der Waals surface area contributed by atoms with Gasteiger partial charge in [-0.1, -0.05) is 97.1 Å². The van der Waals surface area contributed by atoms with Gasteiger partial charge in [0.05, 0.1) is 5.69 Å². The number of rotatable bonds is 5. The molecule has 0 heterocycles.